The first-order valence-corrected chi connectivity index (χ1v) is 11.3. The number of hydrogen-bond donors (Lipinski definition) is 3. The Hall–Kier alpha value is -3.55. The number of nitrogens with zero attached hydrogens (tertiary/aromatic N) is 1. The number of carbonyl (C=O) groups is 2. The normalized spacial score (nSPS) is 10.7. The van der Waals surface area contributed by atoms with Gasteiger partial charge in [0.1, 0.15) is 5.75 Å². The SMILES string of the molecule is CCOc1cccc(/C=N/NC(=O)CCCCCCC(=O)Nc2ccccc2O)c1OCC. The molecule has 0 atom stereocenters. The van der Waals surface area contributed by atoms with Crippen LogP contribution < -0.4 is 20.2 Å². The number of nitrogens with one attached hydrogen (secondary N) is 2. The van der Waals surface area contributed by atoms with Crippen molar-refractivity contribution < 1.29 is 24.2 Å². The van der Waals surface area contributed by atoms with Crippen LogP contribution in [0.2, 0.25) is 0 Å². The highest BCUT2D eigenvalue weighted by molar-refractivity contribution is 5.92. The van der Waals surface area contributed by atoms with E-state index in [2.05, 4.69) is 15.8 Å². The van der Waals surface area contributed by atoms with E-state index in [1.54, 1.807) is 24.4 Å². The number of rotatable bonds is 14. The second-order valence-corrected chi connectivity index (χ2v) is 7.31. The Morgan fingerprint density at radius 1 is 0.909 bits per heavy atom. The quantitative estimate of drug-likeness (QED) is 0.167. The molecule has 178 valence electrons. The zero-order chi connectivity index (χ0) is 23.9. The predicted molar refractivity (Wildman–Crippen MR) is 129 cm³/mol. The van der Waals surface area contributed by atoms with Gasteiger partial charge in [0, 0.05) is 18.4 Å². The van der Waals surface area contributed by atoms with Crippen LogP contribution >= 0.6 is 0 Å². The lowest BCUT2D eigenvalue weighted by Crippen LogP contribution is -2.17. The number of ether oxygens (including phenoxy) is 2. The van der Waals surface area contributed by atoms with Gasteiger partial charge in [-0.05, 0) is 51.0 Å². The summed E-state index contributed by atoms with van der Waals surface area (Å²) >= 11 is 0. The van der Waals surface area contributed by atoms with E-state index in [0.717, 1.165) is 24.8 Å². The molecule has 3 N–H and O–H groups in total. The largest absolute Gasteiger partial charge is 0.506 e. The Kier molecular flexibility index (Phi) is 11.3. The molecule has 0 aliphatic rings. The highest BCUT2D eigenvalue weighted by Crippen LogP contribution is 2.30. The fraction of sp³-hybridized carbons (Fsp3) is 0.400. The van der Waals surface area contributed by atoms with Gasteiger partial charge in [-0.25, -0.2) is 5.43 Å². The minimum Gasteiger partial charge on any atom is -0.506 e. The highest BCUT2D eigenvalue weighted by atomic mass is 16.5. The summed E-state index contributed by atoms with van der Waals surface area (Å²) in [5, 5.41) is 16.4. The molecule has 0 unspecified atom stereocenters. The number of hydrazone groups is 1. The van der Waals surface area contributed by atoms with E-state index >= 15 is 0 Å². The third-order valence-electron chi connectivity index (χ3n) is 4.73. The summed E-state index contributed by atoms with van der Waals surface area (Å²) in [6.07, 6.45) is 5.39. The summed E-state index contributed by atoms with van der Waals surface area (Å²) in [6.45, 7) is 4.82. The molecule has 2 rings (SSSR count). The van der Waals surface area contributed by atoms with Gasteiger partial charge in [-0.15, -0.1) is 0 Å². The fourth-order valence-corrected chi connectivity index (χ4v) is 3.15. The molecule has 2 aromatic rings. The van der Waals surface area contributed by atoms with Gasteiger partial charge in [-0.3, -0.25) is 9.59 Å². The number of amides is 2. The second-order valence-electron chi connectivity index (χ2n) is 7.31. The molecule has 8 heteroatoms. The molecule has 0 saturated carbocycles. The van der Waals surface area contributed by atoms with Gasteiger partial charge in [0.2, 0.25) is 11.8 Å². The number of hydrogen-bond acceptors (Lipinski definition) is 6. The van der Waals surface area contributed by atoms with Crippen LogP contribution in [0.5, 0.6) is 17.2 Å². The molecule has 0 spiro atoms. The first-order chi connectivity index (χ1) is 16.0. The van der Waals surface area contributed by atoms with Gasteiger partial charge in [0.05, 0.1) is 25.1 Å². The van der Waals surface area contributed by atoms with Crippen molar-refractivity contribution in [3.63, 3.8) is 0 Å². The Bertz CT molecular complexity index is 930. The third-order valence-corrected chi connectivity index (χ3v) is 4.73. The van der Waals surface area contributed by atoms with E-state index in [9.17, 15) is 14.7 Å². The molecule has 0 aromatic heterocycles. The smallest absolute Gasteiger partial charge is 0.240 e. The number of carbonyl (C=O) groups excluding carboxylic acids is 2. The Morgan fingerprint density at radius 3 is 2.30 bits per heavy atom. The van der Waals surface area contributed by atoms with Gasteiger partial charge in [-0.2, -0.15) is 5.10 Å². The first-order valence-electron chi connectivity index (χ1n) is 11.3. The summed E-state index contributed by atoms with van der Waals surface area (Å²) < 4.78 is 11.2. The lowest BCUT2D eigenvalue weighted by Gasteiger charge is -2.12. The van der Waals surface area contributed by atoms with Crippen LogP contribution in [0.15, 0.2) is 47.6 Å². The van der Waals surface area contributed by atoms with Crippen LogP contribution in [0.4, 0.5) is 5.69 Å². The number of unbranched alkanes of at least 4 members (excludes halogenated alkanes) is 3. The van der Waals surface area contributed by atoms with E-state index in [4.69, 9.17) is 9.47 Å². The molecule has 0 aliphatic heterocycles. The highest BCUT2D eigenvalue weighted by Gasteiger charge is 2.09. The monoisotopic (exact) mass is 455 g/mol. The number of aromatic hydroxyl groups is 1. The summed E-state index contributed by atoms with van der Waals surface area (Å²) in [4.78, 5) is 24.0. The minimum atomic E-state index is -0.164. The molecule has 8 nitrogen and oxygen atoms in total. The number of phenols is 1. The number of anilines is 1. The molecular weight excluding hydrogens is 422 g/mol. The van der Waals surface area contributed by atoms with Gasteiger partial charge in [0.25, 0.3) is 0 Å². The lowest BCUT2D eigenvalue weighted by molar-refractivity contribution is -0.121. The van der Waals surface area contributed by atoms with Gasteiger partial charge >= 0.3 is 0 Å². The number of phenolic OH excluding ortho intramolecular Hbond substituents is 1. The van der Waals surface area contributed by atoms with Crippen LogP contribution in [0, 0.1) is 0 Å². The topological polar surface area (TPSA) is 109 Å². The molecule has 33 heavy (non-hydrogen) atoms. The lowest BCUT2D eigenvalue weighted by atomic mass is 10.1. The van der Waals surface area contributed by atoms with E-state index in [-0.39, 0.29) is 17.6 Å². The Morgan fingerprint density at radius 2 is 1.61 bits per heavy atom. The van der Waals surface area contributed by atoms with E-state index in [1.165, 1.54) is 6.07 Å². The zero-order valence-corrected chi connectivity index (χ0v) is 19.3. The average molecular weight is 456 g/mol. The number of benzene rings is 2. The molecular formula is C25H33N3O5. The summed E-state index contributed by atoms with van der Waals surface area (Å²) in [6, 6.07) is 12.2. The fourth-order valence-electron chi connectivity index (χ4n) is 3.15. The van der Waals surface area contributed by atoms with Crippen LogP contribution in [0.3, 0.4) is 0 Å². The third kappa shape index (κ3) is 9.22. The first kappa shape index (κ1) is 25.7. The predicted octanol–water partition coefficient (Wildman–Crippen LogP) is 4.62. The van der Waals surface area contributed by atoms with E-state index in [1.807, 2.05) is 32.0 Å². The Labute approximate surface area is 195 Å². The molecule has 0 aliphatic carbocycles. The minimum absolute atomic E-state index is 0.0515. The van der Waals surface area contributed by atoms with Crippen molar-refractivity contribution in [2.24, 2.45) is 5.10 Å². The maximum atomic E-state index is 12.0. The van der Waals surface area contributed by atoms with Crippen LogP contribution in [0.1, 0.15) is 57.9 Å². The van der Waals surface area contributed by atoms with Gasteiger partial charge in [-0.1, -0.05) is 31.0 Å². The molecule has 0 fully saturated rings. The van der Waals surface area contributed by atoms with Crippen LogP contribution in [-0.4, -0.2) is 36.3 Å². The van der Waals surface area contributed by atoms with Crippen molar-refractivity contribution in [1.82, 2.24) is 5.43 Å². The Balaban J connectivity index is 1.65. The summed E-state index contributed by atoms with van der Waals surface area (Å²) in [5.74, 6) is 0.997. The van der Waals surface area contributed by atoms with Crippen molar-refractivity contribution >= 4 is 23.7 Å². The second kappa shape index (κ2) is 14.5. The van der Waals surface area contributed by atoms with Crippen molar-refractivity contribution in [2.45, 2.75) is 52.4 Å². The van der Waals surface area contributed by atoms with Crippen LogP contribution in [-0.2, 0) is 9.59 Å². The van der Waals surface area contributed by atoms with Gasteiger partial charge in [0.15, 0.2) is 11.5 Å². The van der Waals surface area contributed by atoms with E-state index < -0.39 is 0 Å². The average Bonchev–Trinajstić information content (AvgIpc) is 2.80. The summed E-state index contributed by atoms with van der Waals surface area (Å²) in [5.41, 5.74) is 3.68. The number of para-hydroxylation sites is 3. The van der Waals surface area contributed by atoms with E-state index in [0.29, 0.717) is 49.7 Å². The molecule has 2 aromatic carbocycles. The molecule has 0 radical (unpaired) electrons. The maximum Gasteiger partial charge on any atom is 0.240 e. The molecule has 0 bridgehead atoms. The summed E-state index contributed by atoms with van der Waals surface area (Å²) in [7, 11) is 0. The molecule has 0 heterocycles. The van der Waals surface area contributed by atoms with Crippen molar-refractivity contribution in [2.75, 3.05) is 18.5 Å². The molecule has 0 saturated heterocycles. The van der Waals surface area contributed by atoms with Gasteiger partial charge < -0.3 is 19.9 Å². The van der Waals surface area contributed by atoms with Crippen molar-refractivity contribution in [3.8, 4) is 17.2 Å². The maximum absolute atomic E-state index is 12.0. The van der Waals surface area contributed by atoms with Crippen molar-refractivity contribution in [3.05, 3.63) is 48.0 Å². The standard InChI is InChI=1S/C25H33N3O5/c1-3-32-22-15-11-12-19(25(22)33-4-2)18-26-28-24(31)17-8-6-5-7-16-23(30)27-20-13-9-10-14-21(20)29/h9-15,18,29H,3-8,16-17H2,1-2H3,(H,27,30)(H,28,31)/b26-18+. The molecule has 2 amide bonds. The van der Waals surface area contributed by atoms with Crippen molar-refractivity contribution in [1.29, 1.82) is 0 Å². The van der Waals surface area contributed by atoms with Crippen LogP contribution in [0.25, 0.3) is 0 Å². The zero-order valence-electron chi connectivity index (χ0n) is 19.3.